The normalized spacial score (nSPS) is 12.0. The molecule has 0 fully saturated rings. The summed E-state index contributed by atoms with van der Waals surface area (Å²) in [6, 6.07) is 17.2. The molecule has 3 heteroatoms. The van der Waals surface area contributed by atoms with Crippen molar-refractivity contribution in [1.82, 2.24) is 4.90 Å². The number of nitrogens with zero attached hydrogens (tertiary/aromatic N) is 1. The molecule has 2 nitrogen and oxygen atoms in total. The number of likely N-dealkylation sites (N-methyl/N-ethyl adjacent to an activating group) is 1. The predicted octanol–water partition coefficient (Wildman–Crippen LogP) is 6.30. The van der Waals surface area contributed by atoms with E-state index in [0.717, 1.165) is 18.7 Å². The maximum atomic E-state index is 5.62. The molecule has 0 aliphatic carbocycles. The van der Waals surface area contributed by atoms with Gasteiger partial charge in [-0.2, -0.15) is 0 Å². The summed E-state index contributed by atoms with van der Waals surface area (Å²) in [7, 11) is 2.13. The van der Waals surface area contributed by atoms with E-state index < -0.39 is 0 Å². The highest BCUT2D eigenvalue weighted by molar-refractivity contribution is 5.85. The van der Waals surface area contributed by atoms with E-state index in [1.54, 1.807) is 6.26 Å². The van der Waals surface area contributed by atoms with E-state index >= 15 is 0 Å². The van der Waals surface area contributed by atoms with Crippen LogP contribution in [0.4, 0.5) is 0 Å². The molecule has 138 valence electrons. The molecule has 0 saturated carbocycles. The minimum absolute atomic E-state index is 0. The summed E-state index contributed by atoms with van der Waals surface area (Å²) < 4.78 is 5.62. The van der Waals surface area contributed by atoms with E-state index in [1.807, 2.05) is 6.07 Å². The van der Waals surface area contributed by atoms with Crippen molar-refractivity contribution in [2.75, 3.05) is 13.6 Å². The molecule has 3 aromatic rings. The first kappa shape index (κ1) is 20.3. The molecule has 0 spiro atoms. The number of benzene rings is 2. The molecule has 0 bridgehead atoms. The molecule has 0 N–H and O–H groups in total. The van der Waals surface area contributed by atoms with Gasteiger partial charge in [0, 0.05) is 24.0 Å². The Morgan fingerprint density at radius 3 is 2.42 bits per heavy atom. The first-order chi connectivity index (χ1) is 11.9. The van der Waals surface area contributed by atoms with Gasteiger partial charge in [0.15, 0.2) is 0 Å². The largest absolute Gasteiger partial charge is 0.464 e. The van der Waals surface area contributed by atoms with Crippen LogP contribution < -0.4 is 0 Å². The third-order valence-corrected chi connectivity index (χ3v) is 4.50. The molecule has 0 radical (unpaired) electrons. The highest BCUT2D eigenvalue weighted by Gasteiger charge is 2.12. The van der Waals surface area contributed by atoms with Crippen LogP contribution in [0.25, 0.3) is 17.0 Å². The average Bonchev–Trinajstić information content (AvgIpc) is 3.04. The third-order valence-electron chi connectivity index (χ3n) is 4.50. The van der Waals surface area contributed by atoms with E-state index in [1.165, 1.54) is 22.1 Å². The number of rotatable bonds is 5. The highest BCUT2D eigenvalue weighted by atomic mass is 35.5. The lowest BCUT2D eigenvalue weighted by Gasteiger charge is -2.18. The van der Waals surface area contributed by atoms with Crippen LogP contribution in [0.5, 0.6) is 0 Å². The topological polar surface area (TPSA) is 16.4 Å². The van der Waals surface area contributed by atoms with E-state index in [4.69, 9.17) is 4.42 Å². The first-order valence-electron chi connectivity index (χ1n) is 8.84. The van der Waals surface area contributed by atoms with E-state index in [-0.39, 0.29) is 17.8 Å². The number of halogens is 1. The standard InChI is InChI=1S/C23H27NO.ClH/c1-23(2,3)21-12-10-18(11-13-21)7-6-15-24(4)17-20-9-5-8-19-14-16-25-22(19)20;/h5-14,16H,15,17H2,1-4H3;1H/b7-6+;. The molecule has 26 heavy (non-hydrogen) atoms. The lowest BCUT2D eigenvalue weighted by atomic mass is 9.87. The second kappa shape index (κ2) is 8.57. The van der Waals surface area contributed by atoms with Crippen LogP contribution in [0.2, 0.25) is 0 Å². The maximum absolute atomic E-state index is 5.62. The zero-order valence-electron chi connectivity index (χ0n) is 16.0. The molecular weight excluding hydrogens is 342 g/mol. The van der Waals surface area contributed by atoms with Crippen LogP contribution in [0.15, 0.2) is 65.3 Å². The van der Waals surface area contributed by atoms with Crippen LogP contribution in [0, 0.1) is 0 Å². The van der Waals surface area contributed by atoms with Crippen LogP contribution in [-0.4, -0.2) is 18.5 Å². The monoisotopic (exact) mass is 369 g/mol. The molecule has 3 rings (SSSR count). The van der Waals surface area contributed by atoms with Crippen molar-refractivity contribution in [1.29, 1.82) is 0 Å². The number of fused-ring (bicyclic) bond motifs is 1. The Labute approximate surface area is 162 Å². The number of hydrogen-bond acceptors (Lipinski definition) is 2. The Kier molecular flexibility index (Phi) is 6.69. The van der Waals surface area contributed by atoms with Gasteiger partial charge >= 0.3 is 0 Å². The number of para-hydroxylation sites is 1. The Hall–Kier alpha value is -2.03. The van der Waals surface area contributed by atoms with Crippen molar-refractivity contribution in [3.8, 4) is 0 Å². The summed E-state index contributed by atoms with van der Waals surface area (Å²) >= 11 is 0. The van der Waals surface area contributed by atoms with Gasteiger partial charge in [0.1, 0.15) is 5.58 Å². The highest BCUT2D eigenvalue weighted by Crippen LogP contribution is 2.23. The molecular formula is C23H28ClNO. The molecule has 0 aliphatic heterocycles. The molecule has 0 saturated heterocycles. The number of furan rings is 1. The second-order valence-electron chi connectivity index (χ2n) is 7.73. The summed E-state index contributed by atoms with van der Waals surface area (Å²) in [6.07, 6.45) is 6.17. The Balaban J connectivity index is 0.00000243. The minimum atomic E-state index is 0. The van der Waals surface area contributed by atoms with Crippen LogP contribution in [-0.2, 0) is 12.0 Å². The van der Waals surface area contributed by atoms with Crippen LogP contribution in [0.3, 0.4) is 0 Å². The predicted molar refractivity (Wildman–Crippen MR) is 114 cm³/mol. The van der Waals surface area contributed by atoms with Crippen molar-refractivity contribution >= 4 is 29.5 Å². The third kappa shape index (κ3) is 5.00. The van der Waals surface area contributed by atoms with Gasteiger partial charge in [-0.25, -0.2) is 0 Å². The van der Waals surface area contributed by atoms with Crippen molar-refractivity contribution in [2.45, 2.75) is 32.7 Å². The zero-order valence-corrected chi connectivity index (χ0v) is 16.8. The zero-order chi connectivity index (χ0) is 17.9. The summed E-state index contributed by atoms with van der Waals surface area (Å²) in [5.74, 6) is 0. The van der Waals surface area contributed by atoms with Crippen LogP contribution in [0.1, 0.15) is 37.5 Å². The van der Waals surface area contributed by atoms with Crippen molar-refractivity contribution in [3.63, 3.8) is 0 Å². The summed E-state index contributed by atoms with van der Waals surface area (Å²) in [6.45, 7) is 8.50. The molecule has 2 aromatic carbocycles. The summed E-state index contributed by atoms with van der Waals surface area (Å²) in [5.41, 5.74) is 5.04. The van der Waals surface area contributed by atoms with E-state index in [9.17, 15) is 0 Å². The molecule has 1 heterocycles. The van der Waals surface area contributed by atoms with E-state index in [0.29, 0.717) is 0 Å². The average molecular weight is 370 g/mol. The summed E-state index contributed by atoms with van der Waals surface area (Å²) in [5, 5.41) is 1.17. The van der Waals surface area contributed by atoms with Gasteiger partial charge in [-0.15, -0.1) is 12.4 Å². The van der Waals surface area contributed by atoms with Crippen LogP contribution >= 0.6 is 12.4 Å². The van der Waals surface area contributed by atoms with Gasteiger partial charge in [-0.05, 0) is 29.7 Å². The summed E-state index contributed by atoms with van der Waals surface area (Å²) in [4.78, 5) is 2.29. The van der Waals surface area contributed by atoms with Gasteiger partial charge in [0.2, 0.25) is 0 Å². The molecule has 0 atom stereocenters. The minimum Gasteiger partial charge on any atom is -0.464 e. The Bertz CT molecular complexity index is 856. The molecule has 0 aliphatic rings. The molecule has 0 amide bonds. The van der Waals surface area contributed by atoms with Gasteiger partial charge in [-0.3, -0.25) is 4.90 Å². The maximum Gasteiger partial charge on any atom is 0.138 e. The van der Waals surface area contributed by atoms with Gasteiger partial charge in [-0.1, -0.05) is 75.4 Å². The van der Waals surface area contributed by atoms with Crippen molar-refractivity contribution in [3.05, 3.63) is 77.6 Å². The first-order valence-corrected chi connectivity index (χ1v) is 8.84. The van der Waals surface area contributed by atoms with Gasteiger partial charge in [0.05, 0.1) is 6.26 Å². The fourth-order valence-electron chi connectivity index (χ4n) is 3.00. The molecule has 1 aromatic heterocycles. The van der Waals surface area contributed by atoms with Gasteiger partial charge < -0.3 is 4.42 Å². The number of hydrogen-bond donors (Lipinski definition) is 0. The van der Waals surface area contributed by atoms with Crippen molar-refractivity contribution in [2.24, 2.45) is 0 Å². The van der Waals surface area contributed by atoms with Crippen molar-refractivity contribution < 1.29 is 4.42 Å². The quantitative estimate of drug-likeness (QED) is 0.524. The Morgan fingerprint density at radius 2 is 1.73 bits per heavy atom. The smallest absolute Gasteiger partial charge is 0.138 e. The fourth-order valence-corrected chi connectivity index (χ4v) is 3.00. The van der Waals surface area contributed by atoms with Gasteiger partial charge in [0.25, 0.3) is 0 Å². The SMILES string of the molecule is CN(C/C=C/c1ccc(C(C)(C)C)cc1)Cc1cccc2ccoc12.Cl. The lowest BCUT2D eigenvalue weighted by Crippen LogP contribution is -2.17. The fraction of sp³-hybridized carbons (Fsp3) is 0.304. The van der Waals surface area contributed by atoms with E-state index in [2.05, 4.69) is 87.3 Å². The lowest BCUT2D eigenvalue weighted by molar-refractivity contribution is 0.363. The second-order valence-corrected chi connectivity index (χ2v) is 7.73. The molecule has 0 unspecified atom stereocenters. The Morgan fingerprint density at radius 1 is 1.00 bits per heavy atom.